The summed E-state index contributed by atoms with van der Waals surface area (Å²) in [5.41, 5.74) is 1.74. The summed E-state index contributed by atoms with van der Waals surface area (Å²) in [4.78, 5) is 0.137. The average molecular weight is 574 g/mol. The number of aryl methyl sites for hydroxylation is 2. The summed E-state index contributed by atoms with van der Waals surface area (Å²) < 4.78 is 62.6. The van der Waals surface area contributed by atoms with Crippen LogP contribution in [0.15, 0.2) is 90.2 Å². The molecule has 1 aliphatic carbocycles. The first-order valence-electron chi connectivity index (χ1n) is 13.6. The molecule has 2 aliphatic rings. The molecule has 0 spiro atoms. The van der Waals surface area contributed by atoms with Crippen molar-refractivity contribution in [2.24, 2.45) is 13.0 Å². The molecule has 0 N–H and O–H groups in total. The highest BCUT2D eigenvalue weighted by Gasteiger charge is 2.62. The fourth-order valence-electron chi connectivity index (χ4n) is 7.08. The summed E-state index contributed by atoms with van der Waals surface area (Å²) in [6.07, 6.45) is 5.01. The number of sulfonamides is 1. The van der Waals surface area contributed by atoms with E-state index in [1.54, 1.807) is 30.1 Å². The molecule has 7 rings (SSSR count). The number of hydrogen-bond acceptors (Lipinski definition) is 4. The number of benzene rings is 3. The SMILES string of the molecule is Cc1cc2c(cnn2-c2ccc(F)cc2)cc1C12CN(S(=O)(=O)c3cnn(C)c3)CC1CC(F)(c1ccccc1)C2. The zero-order chi connectivity index (χ0) is 28.6. The summed E-state index contributed by atoms with van der Waals surface area (Å²) >= 11 is 0. The van der Waals surface area contributed by atoms with E-state index in [1.165, 1.54) is 33.5 Å². The number of nitrogens with zero attached hydrogens (tertiary/aromatic N) is 5. The van der Waals surface area contributed by atoms with Crippen molar-refractivity contribution in [2.45, 2.75) is 35.7 Å². The standard InChI is InChI=1S/C31H29F2N5O2S/c1-21-12-29-22(15-35-38(29)26-10-8-25(32)9-11-26)13-28(21)30-19-31(33,23-6-4-3-5-7-23)14-24(30)17-37(20-30)41(39,40)27-16-34-36(2)18-27/h3-13,15-16,18,24H,14,17,19-20H2,1-2H3. The van der Waals surface area contributed by atoms with Gasteiger partial charge in [-0.1, -0.05) is 30.3 Å². The number of rotatable bonds is 5. The first kappa shape index (κ1) is 26.0. The molecule has 41 heavy (non-hydrogen) atoms. The van der Waals surface area contributed by atoms with Gasteiger partial charge in [0.1, 0.15) is 16.4 Å². The predicted octanol–water partition coefficient (Wildman–Crippen LogP) is 5.42. The molecule has 2 fully saturated rings. The van der Waals surface area contributed by atoms with Crippen molar-refractivity contribution < 1.29 is 17.2 Å². The van der Waals surface area contributed by atoms with Crippen molar-refractivity contribution in [2.75, 3.05) is 13.1 Å². The average Bonchev–Trinajstić information content (AvgIpc) is 3.71. The van der Waals surface area contributed by atoms with Crippen molar-refractivity contribution in [3.8, 4) is 5.69 Å². The molecule has 210 valence electrons. The Balaban J connectivity index is 1.35. The van der Waals surface area contributed by atoms with Crippen molar-refractivity contribution in [1.82, 2.24) is 23.9 Å². The van der Waals surface area contributed by atoms with Crippen LogP contribution < -0.4 is 0 Å². The van der Waals surface area contributed by atoms with E-state index in [-0.39, 0.29) is 42.6 Å². The molecule has 3 unspecified atom stereocenters. The maximum Gasteiger partial charge on any atom is 0.246 e. The summed E-state index contributed by atoms with van der Waals surface area (Å²) in [7, 11) is -2.14. The van der Waals surface area contributed by atoms with Crippen LogP contribution in [0.1, 0.15) is 29.5 Å². The molecule has 3 atom stereocenters. The molecule has 0 bridgehead atoms. The third-order valence-corrected chi connectivity index (χ3v) is 10.7. The highest BCUT2D eigenvalue weighted by molar-refractivity contribution is 7.89. The van der Waals surface area contributed by atoms with E-state index in [0.717, 1.165) is 27.7 Å². The Hall–Kier alpha value is -3.89. The van der Waals surface area contributed by atoms with E-state index < -0.39 is 21.1 Å². The molecule has 10 heteroatoms. The second kappa shape index (κ2) is 9.06. The number of aromatic nitrogens is 4. The van der Waals surface area contributed by atoms with Crippen LogP contribution in [0.25, 0.3) is 16.6 Å². The second-order valence-corrected chi connectivity index (χ2v) is 13.4. The van der Waals surface area contributed by atoms with E-state index in [4.69, 9.17) is 0 Å². The lowest BCUT2D eigenvalue weighted by molar-refractivity contribution is 0.152. The smallest absolute Gasteiger partial charge is 0.246 e. The number of alkyl halides is 1. The van der Waals surface area contributed by atoms with Crippen LogP contribution in [0.5, 0.6) is 0 Å². The molecule has 7 nitrogen and oxygen atoms in total. The Morgan fingerprint density at radius 3 is 2.46 bits per heavy atom. The maximum atomic E-state index is 16.9. The molecule has 0 amide bonds. The Labute approximate surface area is 237 Å². The summed E-state index contributed by atoms with van der Waals surface area (Å²) in [5.74, 6) is -0.558. The van der Waals surface area contributed by atoms with Crippen LogP contribution in [0.4, 0.5) is 8.78 Å². The molecule has 1 saturated heterocycles. The quantitative estimate of drug-likeness (QED) is 0.281. The van der Waals surface area contributed by atoms with Gasteiger partial charge in [0.2, 0.25) is 10.0 Å². The van der Waals surface area contributed by atoms with E-state index in [2.05, 4.69) is 10.2 Å². The molecule has 1 aliphatic heterocycles. The van der Waals surface area contributed by atoms with Gasteiger partial charge in [-0.2, -0.15) is 14.5 Å². The molecule has 0 radical (unpaired) electrons. The van der Waals surface area contributed by atoms with Crippen LogP contribution in [-0.4, -0.2) is 45.4 Å². The minimum Gasteiger partial charge on any atom is -0.274 e. The van der Waals surface area contributed by atoms with Gasteiger partial charge in [0.25, 0.3) is 0 Å². The zero-order valence-corrected chi connectivity index (χ0v) is 23.5. The lowest BCUT2D eigenvalue weighted by atomic mass is 9.72. The van der Waals surface area contributed by atoms with Crippen LogP contribution in [-0.2, 0) is 28.2 Å². The first-order chi connectivity index (χ1) is 19.6. The van der Waals surface area contributed by atoms with E-state index in [0.29, 0.717) is 5.56 Å². The molecular weight excluding hydrogens is 544 g/mol. The molecule has 1 saturated carbocycles. The minimum absolute atomic E-state index is 0.137. The highest BCUT2D eigenvalue weighted by atomic mass is 32.2. The summed E-state index contributed by atoms with van der Waals surface area (Å²) in [6.45, 7) is 2.38. The monoisotopic (exact) mass is 573 g/mol. The number of halogens is 2. The predicted molar refractivity (Wildman–Crippen MR) is 151 cm³/mol. The van der Waals surface area contributed by atoms with Gasteiger partial charge in [0.15, 0.2) is 0 Å². The Morgan fingerprint density at radius 1 is 1.00 bits per heavy atom. The van der Waals surface area contributed by atoms with Crippen LogP contribution >= 0.6 is 0 Å². The fraction of sp³-hybridized carbons (Fsp3) is 0.290. The van der Waals surface area contributed by atoms with Crippen LogP contribution in [0, 0.1) is 18.7 Å². The minimum atomic E-state index is -3.82. The summed E-state index contributed by atoms with van der Waals surface area (Å²) in [5, 5.41) is 9.48. The molecule has 2 aromatic heterocycles. The third kappa shape index (κ3) is 4.03. The van der Waals surface area contributed by atoms with Gasteiger partial charge in [-0.05, 0) is 78.8 Å². The van der Waals surface area contributed by atoms with E-state index >= 15 is 4.39 Å². The fourth-order valence-corrected chi connectivity index (χ4v) is 8.62. The Morgan fingerprint density at radius 2 is 1.76 bits per heavy atom. The number of hydrogen-bond donors (Lipinski definition) is 0. The van der Waals surface area contributed by atoms with Crippen LogP contribution in [0.3, 0.4) is 0 Å². The normalized spacial score (nSPS) is 24.7. The Bertz CT molecular complexity index is 1890. The second-order valence-electron chi connectivity index (χ2n) is 11.5. The number of fused-ring (bicyclic) bond motifs is 2. The van der Waals surface area contributed by atoms with Crippen molar-refractivity contribution in [1.29, 1.82) is 0 Å². The van der Waals surface area contributed by atoms with Gasteiger partial charge in [-0.15, -0.1) is 0 Å². The van der Waals surface area contributed by atoms with Gasteiger partial charge < -0.3 is 0 Å². The van der Waals surface area contributed by atoms with Crippen molar-refractivity contribution >= 4 is 20.9 Å². The maximum absolute atomic E-state index is 16.9. The molecule has 5 aromatic rings. The lowest BCUT2D eigenvalue weighted by Gasteiger charge is -2.33. The highest BCUT2D eigenvalue weighted by Crippen LogP contribution is 2.60. The van der Waals surface area contributed by atoms with E-state index in [9.17, 15) is 12.8 Å². The van der Waals surface area contributed by atoms with Crippen molar-refractivity contribution in [3.63, 3.8) is 0 Å². The van der Waals surface area contributed by atoms with Gasteiger partial charge in [0.05, 0.1) is 23.6 Å². The molecule has 3 aromatic carbocycles. The lowest BCUT2D eigenvalue weighted by Crippen LogP contribution is -2.37. The van der Waals surface area contributed by atoms with Crippen LogP contribution in [0.2, 0.25) is 0 Å². The molecule has 3 heterocycles. The van der Waals surface area contributed by atoms with Crippen molar-refractivity contribution in [3.05, 3.63) is 108 Å². The summed E-state index contributed by atoms with van der Waals surface area (Å²) in [6, 6.07) is 19.4. The first-order valence-corrected chi connectivity index (χ1v) is 15.0. The topological polar surface area (TPSA) is 73.0 Å². The largest absolute Gasteiger partial charge is 0.274 e. The van der Waals surface area contributed by atoms with E-state index in [1.807, 2.05) is 49.4 Å². The van der Waals surface area contributed by atoms with Gasteiger partial charge in [-0.25, -0.2) is 21.9 Å². The van der Waals surface area contributed by atoms with Gasteiger partial charge in [-0.3, -0.25) is 4.68 Å². The van der Waals surface area contributed by atoms with Gasteiger partial charge in [0, 0.05) is 37.1 Å². The Kier molecular flexibility index (Phi) is 5.75. The zero-order valence-electron chi connectivity index (χ0n) is 22.7. The third-order valence-electron chi connectivity index (χ3n) is 8.96. The molecular formula is C31H29F2N5O2S. The van der Waals surface area contributed by atoms with Gasteiger partial charge >= 0.3 is 0 Å².